The van der Waals surface area contributed by atoms with Crippen LogP contribution in [-0.4, -0.2) is 30.9 Å². The van der Waals surface area contributed by atoms with Gasteiger partial charge in [0, 0.05) is 31.4 Å². The lowest BCUT2D eigenvalue weighted by atomic mass is 10.0. The predicted octanol–water partition coefficient (Wildman–Crippen LogP) is 2.30. The zero-order valence-corrected chi connectivity index (χ0v) is 10.2. The average Bonchev–Trinajstić information content (AvgIpc) is 2.37. The molecular formula is C14H18N2O. The minimum absolute atomic E-state index is 0.0540. The fourth-order valence-corrected chi connectivity index (χ4v) is 2.10. The summed E-state index contributed by atoms with van der Waals surface area (Å²) in [5, 5.41) is 3.34. The van der Waals surface area contributed by atoms with Crippen molar-refractivity contribution >= 4 is 11.6 Å². The van der Waals surface area contributed by atoms with Crippen molar-refractivity contribution in [3.63, 3.8) is 0 Å². The fourth-order valence-electron chi connectivity index (χ4n) is 2.10. The zero-order chi connectivity index (χ0) is 12.3. The van der Waals surface area contributed by atoms with Gasteiger partial charge in [-0.25, -0.2) is 0 Å². The number of carbonyl (C=O) groups is 1. The first-order valence-corrected chi connectivity index (χ1v) is 5.95. The third-order valence-electron chi connectivity index (χ3n) is 3.04. The number of benzene rings is 1. The molecule has 2 rings (SSSR count). The number of anilines is 1. The maximum absolute atomic E-state index is 12.1. The van der Waals surface area contributed by atoms with Crippen molar-refractivity contribution in [3.8, 4) is 0 Å². The standard InChI is InChI=1S/C14H18N2O/c1-3-9-16(2)14(17)12-6-7-13-11(10-12)5-4-8-15-13/h3,6-7,10,15H,1,4-5,8-9H2,2H3. The molecule has 1 heterocycles. The number of likely N-dealkylation sites (N-methyl/N-ethyl adjacent to an activating group) is 1. The van der Waals surface area contributed by atoms with Crippen LogP contribution in [0.15, 0.2) is 30.9 Å². The third-order valence-corrected chi connectivity index (χ3v) is 3.04. The summed E-state index contributed by atoms with van der Waals surface area (Å²) < 4.78 is 0. The molecule has 1 aromatic rings. The molecule has 0 radical (unpaired) electrons. The number of hydrogen-bond acceptors (Lipinski definition) is 2. The van der Waals surface area contributed by atoms with Gasteiger partial charge in [0.1, 0.15) is 0 Å². The number of rotatable bonds is 3. The molecule has 0 saturated heterocycles. The summed E-state index contributed by atoms with van der Waals surface area (Å²) in [5.74, 6) is 0.0540. The minimum atomic E-state index is 0.0540. The topological polar surface area (TPSA) is 32.3 Å². The highest BCUT2D eigenvalue weighted by atomic mass is 16.2. The first kappa shape index (κ1) is 11.7. The average molecular weight is 230 g/mol. The molecule has 3 heteroatoms. The highest BCUT2D eigenvalue weighted by Gasteiger charge is 2.14. The van der Waals surface area contributed by atoms with Gasteiger partial charge in [-0.2, -0.15) is 0 Å². The molecule has 0 atom stereocenters. The van der Waals surface area contributed by atoms with Crippen LogP contribution in [0.5, 0.6) is 0 Å². The number of fused-ring (bicyclic) bond motifs is 1. The van der Waals surface area contributed by atoms with E-state index in [4.69, 9.17) is 0 Å². The first-order valence-electron chi connectivity index (χ1n) is 5.95. The van der Waals surface area contributed by atoms with E-state index in [2.05, 4.69) is 11.9 Å². The number of hydrogen-bond donors (Lipinski definition) is 1. The molecule has 1 amide bonds. The number of aryl methyl sites for hydroxylation is 1. The molecule has 90 valence electrons. The van der Waals surface area contributed by atoms with Crippen LogP contribution in [0.4, 0.5) is 5.69 Å². The Labute approximate surface area is 102 Å². The molecule has 0 aliphatic carbocycles. The summed E-state index contributed by atoms with van der Waals surface area (Å²) in [7, 11) is 1.79. The highest BCUT2D eigenvalue weighted by Crippen LogP contribution is 2.23. The summed E-state index contributed by atoms with van der Waals surface area (Å²) in [6.45, 7) is 5.25. The van der Waals surface area contributed by atoms with E-state index in [1.807, 2.05) is 18.2 Å². The molecule has 0 unspecified atom stereocenters. The Morgan fingerprint density at radius 3 is 3.18 bits per heavy atom. The largest absolute Gasteiger partial charge is 0.385 e. The van der Waals surface area contributed by atoms with E-state index >= 15 is 0 Å². The van der Waals surface area contributed by atoms with Crippen LogP contribution < -0.4 is 5.32 Å². The molecule has 0 saturated carbocycles. The second-order valence-electron chi connectivity index (χ2n) is 4.38. The second kappa shape index (κ2) is 5.04. The van der Waals surface area contributed by atoms with Crippen LogP contribution in [0.1, 0.15) is 22.3 Å². The number of amides is 1. The minimum Gasteiger partial charge on any atom is -0.385 e. The molecule has 3 nitrogen and oxygen atoms in total. The van der Waals surface area contributed by atoms with Gasteiger partial charge >= 0.3 is 0 Å². The predicted molar refractivity (Wildman–Crippen MR) is 70.4 cm³/mol. The van der Waals surface area contributed by atoms with Crippen LogP contribution in [0, 0.1) is 0 Å². The van der Waals surface area contributed by atoms with Gasteiger partial charge in [0.2, 0.25) is 0 Å². The van der Waals surface area contributed by atoms with E-state index in [-0.39, 0.29) is 5.91 Å². The lowest BCUT2D eigenvalue weighted by Gasteiger charge is -2.20. The molecule has 1 aliphatic heterocycles. The Kier molecular flexibility index (Phi) is 3.47. The zero-order valence-electron chi connectivity index (χ0n) is 10.2. The Bertz CT molecular complexity index is 440. The van der Waals surface area contributed by atoms with E-state index in [9.17, 15) is 4.79 Å². The molecule has 17 heavy (non-hydrogen) atoms. The van der Waals surface area contributed by atoms with Crippen molar-refractivity contribution in [1.82, 2.24) is 4.90 Å². The Hall–Kier alpha value is -1.77. The van der Waals surface area contributed by atoms with E-state index in [1.165, 1.54) is 11.3 Å². The van der Waals surface area contributed by atoms with E-state index < -0.39 is 0 Å². The molecule has 0 aromatic heterocycles. The summed E-state index contributed by atoms with van der Waals surface area (Å²) in [6, 6.07) is 5.89. The molecule has 0 fully saturated rings. The van der Waals surface area contributed by atoms with E-state index in [0.717, 1.165) is 24.9 Å². The van der Waals surface area contributed by atoms with Gasteiger partial charge in [0.05, 0.1) is 0 Å². The van der Waals surface area contributed by atoms with E-state index in [1.54, 1.807) is 18.0 Å². The van der Waals surface area contributed by atoms with Crippen LogP contribution >= 0.6 is 0 Å². The smallest absolute Gasteiger partial charge is 0.253 e. The van der Waals surface area contributed by atoms with Crippen molar-refractivity contribution < 1.29 is 4.79 Å². The first-order chi connectivity index (χ1) is 8.22. The Balaban J connectivity index is 2.21. The number of nitrogens with one attached hydrogen (secondary N) is 1. The molecular weight excluding hydrogens is 212 g/mol. The Morgan fingerprint density at radius 1 is 1.59 bits per heavy atom. The molecule has 1 aliphatic rings. The van der Waals surface area contributed by atoms with Gasteiger partial charge in [-0.15, -0.1) is 6.58 Å². The molecule has 0 bridgehead atoms. The monoisotopic (exact) mass is 230 g/mol. The van der Waals surface area contributed by atoms with Crippen molar-refractivity contribution in [2.45, 2.75) is 12.8 Å². The molecule has 1 aromatic carbocycles. The summed E-state index contributed by atoms with van der Waals surface area (Å²) in [5.41, 5.74) is 3.17. The molecule has 0 spiro atoms. The van der Waals surface area contributed by atoms with Crippen molar-refractivity contribution in [2.24, 2.45) is 0 Å². The van der Waals surface area contributed by atoms with Crippen molar-refractivity contribution in [3.05, 3.63) is 42.0 Å². The van der Waals surface area contributed by atoms with Crippen LogP contribution in [0.3, 0.4) is 0 Å². The van der Waals surface area contributed by atoms with Crippen LogP contribution in [0.2, 0.25) is 0 Å². The van der Waals surface area contributed by atoms with Gasteiger partial charge < -0.3 is 10.2 Å². The normalized spacial score (nSPS) is 13.5. The van der Waals surface area contributed by atoms with Crippen molar-refractivity contribution in [1.29, 1.82) is 0 Å². The van der Waals surface area contributed by atoms with Gasteiger partial charge in [-0.3, -0.25) is 4.79 Å². The highest BCUT2D eigenvalue weighted by molar-refractivity contribution is 5.94. The number of carbonyl (C=O) groups excluding carboxylic acids is 1. The van der Waals surface area contributed by atoms with Gasteiger partial charge in [0.15, 0.2) is 0 Å². The third kappa shape index (κ3) is 2.49. The summed E-state index contributed by atoms with van der Waals surface area (Å²) in [6.07, 6.45) is 3.92. The Morgan fingerprint density at radius 2 is 2.41 bits per heavy atom. The van der Waals surface area contributed by atoms with Crippen molar-refractivity contribution in [2.75, 3.05) is 25.5 Å². The van der Waals surface area contributed by atoms with Crippen LogP contribution in [0.25, 0.3) is 0 Å². The second-order valence-corrected chi connectivity index (χ2v) is 4.38. The quantitative estimate of drug-likeness (QED) is 0.808. The lowest BCUT2D eigenvalue weighted by molar-refractivity contribution is 0.0810. The van der Waals surface area contributed by atoms with Gasteiger partial charge in [0.25, 0.3) is 5.91 Å². The summed E-state index contributed by atoms with van der Waals surface area (Å²) >= 11 is 0. The lowest BCUT2D eigenvalue weighted by Crippen LogP contribution is -2.27. The SMILES string of the molecule is C=CCN(C)C(=O)c1ccc2c(c1)CCCN2. The maximum atomic E-state index is 12.1. The van der Waals surface area contributed by atoms with E-state index in [0.29, 0.717) is 6.54 Å². The van der Waals surface area contributed by atoms with Crippen LogP contribution in [-0.2, 0) is 6.42 Å². The number of nitrogens with zero attached hydrogens (tertiary/aromatic N) is 1. The molecule has 1 N–H and O–H groups in total. The summed E-state index contributed by atoms with van der Waals surface area (Å²) in [4.78, 5) is 13.7. The van der Waals surface area contributed by atoms with Gasteiger partial charge in [-0.1, -0.05) is 6.08 Å². The maximum Gasteiger partial charge on any atom is 0.253 e. The van der Waals surface area contributed by atoms with Gasteiger partial charge in [-0.05, 0) is 36.6 Å². The fraction of sp³-hybridized carbons (Fsp3) is 0.357.